The zero-order valence-corrected chi connectivity index (χ0v) is 12.0. The summed E-state index contributed by atoms with van der Waals surface area (Å²) in [5.41, 5.74) is 3.24. The van der Waals surface area contributed by atoms with Crippen molar-refractivity contribution in [2.24, 2.45) is 0 Å². The maximum Gasteiger partial charge on any atom is 0.337 e. The van der Waals surface area contributed by atoms with Crippen LogP contribution in [0, 0.1) is 6.92 Å². The van der Waals surface area contributed by atoms with Gasteiger partial charge in [0.2, 0.25) is 0 Å². The predicted molar refractivity (Wildman–Crippen MR) is 78.0 cm³/mol. The molecule has 0 heterocycles. The minimum atomic E-state index is -0.362. The number of halogens is 2. The Morgan fingerprint density at radius 3 is 2.58 bits per heavy atom. The Bertz CT molecular complexity index is 636. The highest BCUT2D eigenvalue weighted by Crippen LogP contribution is 2.33. The molecule has 2 aromatic rings. The lowest BCUT2D eigenvalue weighted by atomic mass is 9.99. The van der Waals surface area contributed by atoms with Crippen molar-refractivity contribution in [2.75, 3.05) is 7.11 Å². The molecule has 0 saturated heterocycles. The fourth-order valence-corrected chi connectivity index (χ4v) is 2.27. The standard InChI is InChI=1S/C15H12Cl2O2/c1-9-12(6-7-13(16)14(9)17)10-4-3-5-11(8-10)15(18)19-2/h3-8H,1-2H3. The molecule has 0 amide bonds. The van der Waals surface area contributed by atoms with Crippen LogP contribution >= 0.6 is 23.2 Å². The van der Waals surface area contributed by atoms with Gasteiger partial charge < -0.3 is 4.74 Å². The van der Waals surface area contributed by atoms with Crippen molar-refractivity contribution in [3.63, 3.8) is 0 Å². The molecular weight excluding hydrogens is 283 g/mol. The van der Waals surface area contributed by atoms with Gasteiger partial charge in [-0.1, -0.05) is 41.4 Å². The molecule has 2 nitrogen and oxygen atoms in total. The molecule has 0 aliphatic heterocycles. The highest BCUT2D eigenvalue weighted by molar-refractivity contribution is 6.42. The van der Waals surface area contributed by atoms with Crippen molar-refractivity contribution in [1.29, 1.82) is 0 Å². The topological polar surface area (TPSA) is 26.3 Å². The number of methoxy groups -OCH3 is 1. The molecule has 98 valence electrons. The lowest BCUT2D eigenvalue weighted by Crippen LogP contribution is -2.01. The largest absolute Gasteiger partial charge is 0.465 e. The summed E-state index contributed by atoms with van der Waals surface area (Å²) in [5, 5.41) is 1.05. The molecule has 0 aliphatic rings. The van der Waals surface area contributed by atoms with E-state index in [1.54, 1.807) is 18.2 Å². The molecule has 0 saturated carbocycles. The van der Waals surface area contributed by atoms with Gasteiger partial charge in [-0.05, 0) is 41.8 Å². The number of carbonyl (C=O) groups is 1. The monoisotopic (exact) mass is 294 g/mol. The number of benzene rings is 2. The van der Waals surface area contributed by atoms with Crippen molar-refractivity contribution in [3.05, 3.63) is 57.6 Å². The predicted octanol–water partition coefficient (Wildman–Crippen LogP) is 4.76. The molecule has 0 radical (unpaired) electrons. The van der Waals surface area contributed by atoms with E-state index in [0.29, 0.717) is 15.6 Å². The normalized spacial score (nSPS) is 10.3. The third-order valence-corrected chi connectivity index (χ3v) is 3.83. The first-order valence-corrected chi connectivity index (χ1v) is 6.43. The van der Waals surface area contributed by atoms with Gasteiger partial charge in [0.05, 0.1) is 22.7 Å². The molecule has 2 rings (SSSR count). The average molecular weight is 295 g/mol. The Hall–Kier alpha value is -1.51. The minimum Gasteiger partial charge on any atom is -0.465 e. The number of hydrogen-bond donors (Lipinski definition) is 0. The van der Waals surface area contributed by atoms with Gasteiger partial charge in [-0.3, -0.25) is 0 Å². The van der Waals surface area contributed by atoms with Crippen LogP contribution in [0.4, 0.5) is 0 Å². The quantitative estimate of drug-likeness (QED) is 0.747. The molecule has 0 spiro atoms. The molecule has 0 aliphatic carbocycles. The van der Waals surface area contributed by atoms with Gasteiger partial charge in [-0.15, -0.1) is 0 Å². The van der Waals surface area contributed by atoms with Gasteiger partial charge in [0, 0.05) is 0 Å². The fourth-order valence-electron chi connectivity index (χ4n) is 1.90. The summed E-state index contributed by atoms with van der Waals surface area (Å²) in [6, 6.07) is 10.8. The minimum absolute atomic E-state index is 0.362. The van der Waals surface area contributed by atoms with Crippen molar-refractivity contribution < 1.29 is 9.53 Å². The van der Waals surface area contributed by atoms with Gasteiger partial charge in [-0.25, -0.2) is 4.79 Å². The van der Waals surface area contributed by atoms with E-state index in [1.165, 1.54) is 7.11 Å². The maximum absolute atomic E-state index is 11.5. The van der Waals surface area contributed by atoms with Crippen LogP contribution in [0.5, 0.6) is 0 Å². The van der Waals surface area contributed by atoms with E-state index in [1.807, 2.05) is 25.1 Å². The highest BCUT2D eigenvalue weighted by atomic mass is 35.5. The van der Waals surface area contributed by atoms with Crippen LogP contribution in [0.1, 0.15) is 15.9 Å². The molecule has 0 aromatic heterocycles. The molecule has 0 unspecified atom stereocenters. The Morgan fingerprint density at radius 1 is 1.16 bits per heavy atom. The summed E-state index contributed by atoms with van der Waals surface area (Å²) in [5.74, 6) is -0.362. The van der Waals surface area contributed by atoms with E-state index in [4.69, 9.17) is 27.9 Å². The summed E-state index contributed by atoms with van der Waals surface area (Å²) in [6.07, 6.45) is 0. The Labute approximate surface area is 121 Å². The number of hydrogen-bond acceptors (Lipinski definition) is 2. The molecular formula is C15H12Cl2O2. The first-order valence-electron chi connectivity index (χ1n) is 5.68. The van der Waals surface area contributed by atoms with Crippen molar-refractivity contribution >= 4 is 29.2 Å². The van der Waals surface area contributed by atoms with Crippen LogP contribution in [0.3, 0.4) is 0 Å². The van der Waals surface area contributed by atoms with Gasteiger partial charge in [-0.2, -0.15) is 0 Å². The molecule has 4 heteroatoms. The van der Waals surface area contributed by atoms with Gasteiger partial charge in [0.1, 0.15) is 0 Å². The number of rotatable bonds is 2. The van der Waals surface area contributed by atoms with Crippen molar-refractivity contribution in [2.45, 2.75) is 6.92 Å². The van der Waals surface area contributed by atoms with E-state index in [2.05, 4.69) is 0 Å². The fraction of sp³-hybridized carbons (Fsp3) is 0.133. The van der Waals surface area contributed by atoms with Crippen LogP contribution in [-0.4, -0.2) is 13.1 Å². The summed E-state index contributed by atoms with van der Waals surface area (Å²) in [7, 11) is 1.36. The Balaban J connectivity index is 2.54. The number of esters is 1. The van der Waals surface area contributed by atoms with E-state index < -0.39 is 0 Å². The van der Waals surface area contributed by atoms with Crippen LogP contribution in [0.2, 0.25) is 10.0 Å². The first kappa shape index (κ1) is 13.9. The summed E-state index contributed by atoms with van der Waals surface area (Å²) >= 11 is 12.1. The first-order chi connectivity index (χ1) is 9.04. The van der Waals surface area contributed by atoms with E-state index in [-0.39, 0.29) is 5.97 Å². The number of carbonyl (C=O) groups excluding carboxylic acids is 1. The number of ether oxygens (including phenoxy) is 1. The van der Waals surface area contributed by atoms with Gasteiger partial charge in [0.25, 0.3) is 0 Å². The van der Waals surface area contributed by atoms with Gasteiger partial charge >= 0.3 is 5.97 Å². The average Bonchev–Trinajstić information content (AvgIpc) is 2.44. The van der Waals surface area contributed by atoms with Gasteiger partial charge in [0.15, 0.2) is 0 Å². The summed E-state index contributed by atoms with van der Waals surface area (Å²) in [6.45, 7) is 1.90. The van der Waals surface area contributed by atoms with E-state index in [9.17, 15) is 4.79 Å². The van der Waals surface area contributed by atoms with Crippen LogP contribution in [0.15, 0.2) is 36.4 Å². The van der Waals surface area contributed by atoms with Crippen LogP contribution in [-0.2, 0) is 4.74 Å². The summed E-state index contributed by atoms with van der Waals surface area (Å²) in [4.78, 5) is 11.5. The van der Waals surface area contributed by atoms with Crippen LogP contribution in [0.25, 0.3) is 11.1 Å². The molecule has 2 aromatic carbocycles. The smallest absolute Gasteiger partial charge is 0.337 e. The second-order valence-electron chi connectivity index (χ2n) is 4.11. The Kier molecular flexibility index (Phi) is 4.13. The Morgan fingerprint density at radius 2 is 1.89 bits per heavy atom. The zero-order valence-electron chi connectivity index (χ0n) is 10.5. The third kappa shape index (κ3) is 2.75. The second-order valence-corrected chi connectivity index (χ2v) is 4.89. The van der Waals surface area contributed by atoms with Crippen molar-refractivity contribution in [1.82, 2.24) is 0 Å². The van der Waals surface area contributed by atoms with Crippen molar-refractivity contribution in [3.8, 4) is 11.1 Å². The SMILES string of the molecule is COC(=O)c1cccc(-c2ccc(Cl)c(Cl)c2C)c1. The lowest BCUT2D eigenvalue weighted by Gasteiger charge is -2.10. The molecule has 0 bridgehead atoms. The highest BCUT2D eigenvalue weighted by Gasteiger charge is 2.11. The maximum atomic E-state index is 11.5. The molecule has 0 atom stereocenters. The van der Waals surface area contributed by atoms with E-state index >= 15 is 0 Å². The summed E-state index contributed by atoms with van der Waals surface area (Å²) < 4.78 is 4.71. The second kappa shape index (κ2) is 5.64. The third-order valence-electron chi connectivity index (χ3n) is 2.93. The van der Waals surface area contributed by atoms with E-state index in [0.717, 1.165) is 16.7 Å². The zero-order chi connectivity index (χ0) is 14.0. The van der Waals surface area contributed by atoms with Crippen LogP contribution < -0.4 is 0 Å². The molecule has 19 heavy (non-hydrogen) atoms. The molecule has 0 N–H and O–H groups in total. The lowest BCUT2D eigenvalue weighted by molar-refractivity contribution is 0.0601. The molecule has 0 fully saturated rings.